The molecule has 0 aliphatic carbocycles. The lowest BCUT2D eigenvalue weighted by molar-refractivity contribution is -0.384. The highest BCUT2D eigenvalue weighted by atomic mass is 16.7. The lowest BCUT2D eigenvalue weighted by Crippen LogP contribution is -2.26. The van der Waals surface area contributed by atoms with Crippen molar-refractivity contribution in [1.82, 2.24) is 0 Å². The fourth-order valence-electron chi connectivity index (χ4n) is 2.96. The van der Waals surface area contributed by atoms with E-state index >= 15 is 0 Å². The number of carboxylic acids is 2. The van der Waals surface area contributed by atoms with Gasteiger partial charge in [0.1, 0.15) is 5.75 Å². The van der Waals surface area contributed by atoms with Crippen molar-refractivity contribution in [3.05, 3.63) is 68.8 Å². The molecular formula is C22H21NO11. The third kappa shape index (κ3) is 6.51. The standard InChI is InChI=1S/C22H21NO11/c1-2-3-4-5-18(34-22(30)15-9-7-13(24)11-17(15)20(27)28)33-21(29)14-8-6-12(23(31)32)10-16(14)19(25)26/h6-11,18,24H,2-5H2,1H3,(H,25,26)(H,27,28). The second kappa shape index (κ2) is 11.4. The second-order valence-electron chi connectivity index (χ2n) is 7.06. The molecule has 0 heterocycles. The number of unbranched alkanes of at least 4 members (excludes halogenated alkanes) is 2. The highest BCUT2D eigenvalue weighted by molar-refractivity contribution is 6.04. The molecule has 1 atom stereocenters. The van der Waals surface area contributed by atoms with E-state index in [0.717, 1.165) is 36.8 Å². The quantitative estimate of drug-likeness (QED) is 0.141. The molecule has 1 unspecified atom stereocenters. The zero-order chi connectivity index (χ0) is 25.4. The van der Waals surface area contributed by atoms with Crippen LogP contribution >= 0.6 is 0 Å². The van der Waals surface area contributed by atoms with Gasteiger partial charge in [0.05, 0.1) is 27.2 Å². The second-order valence-corrected chi connectivity index (χ2v) is 7.06. The molecule has 0 aromatic heterocycles. The SMILES string of the molecule is CCCCCC(OC(=O)c1ccc(O)cc1C(=O)O)OC(=O)c1ccc([N+](=O)[O-])cc1C(=O)O. The third-order valence-electron chi connectivity index (χ3n) is 4.64. The molecule has 180 valence electrons. The largest absolute Gasteiger partial charge is 0.508 e. The molecule has 12 nitrogen and oxygen atoms in total. The Labute approximate surface area is 192 Å². The molecular weight excluding hydrogens is 454 g/mol. The Kier molecular flexibility index (Phi) is 8.65. The molecule has 0 aliphatic heterocycles. The Bertz CT molecular complexity index is 1130. The third-order valence-corrected chi connectivity index (χ3v) is 4.64. The number of phenolic OH excluding ortho intramolecular Hbond substituents is 1. The molecule has 34 heavy (non-hydrogen) atoms. The van der Waals surface area contributed by atoms with Crippen LogP contribution in [0.1, 0.15) is 74.0 Å². The van der Waals surface area contributed by atoms with Crippen LogP contribution in [0.4, 0.5) is 5.69 Å². The Morgan fingerprint density at radius 3 is 1.91 bits per heavy atom. The molecule has 0 spiro atoms. The van der Waals surface area contributed by atoms with Crippen molar-refractivity contribution in [2.24, 2.45) is 0 Å². The van der Waals surface area contributed by atoms with Crippen molar-refractivity contribution in [3.63, 3.8) is 0 Å². The average molecular weight is 475 g/mol. The van der Waals surface area contributed by atoms with Gasteiger partial charge in [-0.1, -0.05) is 19.8 Å². The first kappa shape index (κ1) is 25.8. The van der Waals surface area contributed by atoms with Crippen molar-refractivity contribution >= 4 is 29.6 Å². The van der Waals surface area contributed by atoms with Gasteiger partial charge >= 0.3 is 23.9 Å². The number of benzene rings is 2. The van der Waals surface area contributed by atoms with Crippen LogP contribution in [0.5, 0.6) is 5.75 Å². The van der Waals surface area contributed by atoms with Crippen molar-refractivity contribution in [2.45, 2.75) is 38.9 Å². The molecule has 0 saturated heterocycles. The van der Waals surface area contributed by atoms with Gasteiger partial charge in [0, 0.05) is 18.6 Å². The summed E-state index contributed by atoms with van der Waals surface area (Å²) in [5.74, 6) is -5.84. The van der Waals surface area contributed by atoms with Gasteiger partial charge in [-0.15, -0.1) is 0 Å². The number of carbonyl (C=O) groups is 4. The number of hydrogen-bond acceptors (Lipinski definition) is 9. The lowest BCUT2D eigenvalue weighted by atomic mass is 10.1. The molecule has 2 aromatic carbocycles. The van der Waals surface area contributed by atoms with Gasteiger partial charge in [-0.05, 0) is 30.7 Å². The van der Waals surface area contributed by atoms with E-state index in [4.69, 9.17) is 9.47 Å². The van der Waals surface area contributed by atoms with E-state index in [1.165, 1.54) is 0 Å². The summed E-state index contributed by atoms with van der Waals surface area (Å²) < 4.78 is 10.4. The summed E-state index contributed by atoms with van der Waals surface area (Å²) in [7, 11) is 0. The van der Waals surface area contributed by atoms with Gasteiger partial charge in [-0.25, -0.2) is 19.2 Å². The van der Waals surface area contributed by atoms with E-state index in [9.17, 15) is 44.6 Å². The number of phenols is 1. The van der Waals surface area contributed by atoms with Crippen molar-refractivity contribution in [1.29, 1.82) is 0 Å². The smallest absolute Gasteiger partial charge is 0.342 e. The monoisotopic (exact) mass is 475 g/mol. The Balaban J connectivity index is 2.31. The molecule has 0 saturated carbocycles. The fourth-order valence-corrected chi connectivity index (χ4v) is 2.96. The molecule has 0 bridgehead atoms. The predicted molar refractivity (Wildman–Crippen MR) is 114 cm³/mol. The number of nitro benzene ring substituents is 1. The molecule has 0 aliphatic rings. The van der Waals surface area contributed by atoms with Gasteiger partial charge in [-0.2, -0.15) is 0 Å². The molecule has 3 N–H and O–H groups in total. The topological polar surface area (TPSA) is 191 Å². The first-order chi connectivity index (χ1) is 16.0. The van der Waals surface area contributed by atoms with Crippen LogP contribution in [0.3, 0.4) is 0 Å². The number of carboxylic acid groups (broad SMARTS) is 2. The maximum atomic E-state index is 12.7. The summed E-state index contributed by atoms with van der Waals surface area (Å²) in [6.07, 6.45) is 0.444. The van der Waals surface area contributed by atoms with Crippen LogP contribution in [0, 0.1) is 10.1 Å². The summed E-state index contributed by atoms with van der Waals surface area (Å²) in [4.78, 5) is 58.3. The number of nitrogens with zero attached hydrogens (tertiary/aromatic N) is 1. The highest BCUT2D eigenvalue weighted by Gasteiger charge is 2.27. The lowest BCUT2D eigenvalue weighted by Gasteiger charge is -2.19. The fraction of sp³-hybridized carbons (Fsp3) is 0.273. The molecule has 0 fully saturated rings. The van der Waals surface area contributed by atoms with Gasteiger partial charge in [-0.3, -0.25) is 10.1 Å². The van der Waals surface area contributed by atoms with Gasteiger partial charge in [0.25, 0.3) is 5.69 Å². The number of nitro groups is 1. The minimum absolute atomic E-state index is 0.0290. The summed E-state index contributed by atoms with van der Waals surface area (Å²) in [6.45, 7) is 1.90. The van der Waals surface area contributed by atoms with Crippen LogP contribution in [-0.2, 0) is 9.47 Å². The normalized spacial score (nSPS) is 11.3. The van der Waals surface area contributed by atoms with Crippen LogP contribution in [-0.4, -0.2) is 50.4 Å². The maximum Gasteiger partial charge on any atom is 0.342 e. The zero-order valence-corrected chi connectivity index (χ0v) is 17.9. The molecule has 0 radical (unpaired) electrons. The number of ether oxygens (including phenoxy) is 2. The van der Waals surface area contributed by atoms with Crippen molar-refractivity contribution in [3.8, 4) is 5.75 Å². The maximum absolute atomic E-state index is 12.7. The Morgan fingerprint density at radius 2 is 1.41 bits per heavy atom. The van der Waals surface area contributed by atoms with Crippen molar-refractivity contribution < 1.29 is 48.9 Å². The van der Waals surface area contributed by atoms with Gasteiger partial charge in [0.2, 0.25) is 6.29 Å². The summed E-state index contributed by atoms with van der Waals surface area (Å²) in [5, 5.41) is 39.0. The number of carbonyl (C=O) groups excluding carboxylic acids is 2. The predicted octanol–water partition coefficient (Wildman–Crippen LogP) is 3.62. The van der Waals surface area contributed by atoms with Crippen LogP contribution in [0.2, 0.25) is 0 Å². The number of non-ortho nitro benzene ring substituents is 1. The van der Waals surface area contributed by atoms with Crippen molar-refractivity contribution in [2.75, 3.05) is 0 Å². The molecule has 2 aromatic rings. The van der Waals surface area contributed by atoms with Crippen LogP contribution in [0.25, 0.3) is 0 Å². The highest BCUT2D eigenvalue weighted by Crippen LogP contribution is 2.22. The summed E-state index contributed by atoms with van der Waals surface area (Å²) in [6, 6.07) is 5.51. The first-order valence-electron chi connectivity index (χ1n) is 10.0. The van der Waals surface area contributed by atoms with E-state index in [0.29, 0.717) is 18.9 Å². The molecule has 0 amide bonds. The number of aromatic hydroxyl groups is 1. The van der Waals surface area contributed by atoms with E-state index in [-0.39, 0.29) is 12.2 Å². The number of aromatic carboxylic acids is 2. The van der Waals surface area contributed by atoms with E-state index in [2.05, 4.69) is 0 Å². The Morgan fingerprint density at radius 1 is 0.882 bits per heavy atom. The van der Waals surface area contributed by atoms with Gasteiger partial charge in [0.15, 0.2) is 0 Å². The summed E-state index contributed by atoms with van der Waals surface area (Å²) in [5.41, 5.74) is -2.65. The van der Waals surface area contributed by atoms with Gasteiger partial charge < -0.3 is 24.8 Å². The minimum Gasteiger partial charge on any atom is -0.508 e. The number of rotatable bonds is 11. The average Bonchev–Trinajstić information content (AvgIpc) is 2.78. The Hall–Kier alpha value is -4.48. The zero-order valence-electron chi connectivity index (χ0n) is 17.9. The van der Waals surface area contributed by atoms with Crippen LogP contribution < -0.4 is 0 Å². The van der Waals surface area contributed by atoms with E-state index < -0.39 is 63.0 Å². The number of hydrogen-bond donors (Lipinski definition) is 3. The van der Waals surface area contributed by atoms with E-state index in [1.54, 1.807) is 0 Å². The summed E-state index contributed by atoms with van der Waals surface area (Å²) >= 11 is 0. The molecule has 12 heteroatoms. The minimum atomic E-state index is -1.61. The van der Waals surface area contributed by atoms with Crippen LogP contribution in [0.15, 0.2) is 36.4 Å². The molecule has 2 rings (SSSR count). The number of esters is 2. The first-order valence-corrected chi connectivity index (χ1v) is 10.0. The van der Waals surface area contributed by atoms with E-state index in [1.807, 2.05) is 6.92 Å².